The van der Waals surface area contributed by atoms with Crippen LogP contribution in [0.5, 0.6) is 0 Å². The second-order valence-electron chi connectivity index (χ2n) is 10.3. The highest BCUT2D eigenvalue weighted by Crippen LogP contribution is 2.28. The van der Waals surface area contributed by atoms with Crippen molar-refractivity contribution in [2.24, 2.45) is 0 Å². The van der Waals surface area contributed by atoms with Gasteiger partial charge in [0.25, 0.3) is 5.91 Å². The quantitative estimate of drug-likeness (QED) is 0.259. The number of carbonyl (C=O) groups is 4. The van der Waals surface area contributed by atoms with Crippen LogP contribution in [0.1, 0.15) is 45.4 Å². The minimum Gasteiger partial charge on any atom is -0.481 e. The van der Waals surface area contributed by atoms with Crippen LogP contribution in [0.3, 0.4) is 0 Å². The van der Waals surface area contributed by atoms with E-state index in [1.165, 1.54) is 11.0 Å². The van der Waals surface area contributed by atoms with Crippen molar-refractivity contribution in [3.63, 3.8) is 0 Å². The predicted molar refractivity (Wildman–Crippen MR) is 160 cm³/mol. The maximum atomic E-state index is 13.0. The van der Waals surface area contributed by atoms with E-state index in [0.29, 0.717) is 29.2 Å². The molecule has 1 aliphatic heterocycles. The Kier molecular flexibility index (Phi) is 8.51. The van der Waals surface area contributed by atoms with E-state index in [2.05, 4.69) is 15.8 Å². The van der Waals surface area contributed by atoms with Gasteiger partial charge in [0.2, 0.25) is 5.91 Å². The van der Waals surface area contributed by atoms with Crippen molar-refractivity contribution in [2.75, 3.05) is 28.7 Å². The van der Waals surface area contributed by atoms with Crippen molar-refractivity contribution < 1.29 is 28.8 Å². The first-order valence-corrected chi connectivity index (χ1v) is 13.8. The topological polar surface area (TPSA) is 145 Å². The number of carbonyl (C=O) groups excluding carboxylic acids is 3. The molecule has 3 N–H and O–H groups in total. The minimum atomic E-state index is -1.08. The third kappa shape index (κ3) is 6.89. The van der Waals surface area contributed by atoms with Gasteiger partial charge in [0.1, 0.15) is 5.76 Å². The SMILES string of the molecule is Cc1cc(C(=O)NC(CC(=O)O)c2ccc(N(C)C(=O)Cc3ccc(NC(=O)N4CCc5ccccc54)cc3)cc2)no1. The summed E-state index contributed by atoms with van der Waals surface area (Å²) < 4.78 is 4.93. The number of aromatic nitrogens is 1. The Morgan fingerprint density at radius 3 is 2.42 bits per heavy atom. The molecule has 0 bridgehead atoms. The lowest BCUT2D eigenvalue weighted by Crippen LogP contribution is -2.33. The number of aliphatic carboxylic acids is 1. The average molecular weight is 582 g/mol. The molecule has 0 aliphatic carbocycles. The summed E-state index contributed by atoms with van der Waals surface area (Å²) >= 11 is 0. The third-order valence-corrected chi connectivity index (χ3v) is 7.29. The smallest absolute Gasteiger partial charge is 0.326 e. The molecule has 4 amide bonds. The Morgan fingerprint density at radius 2 is 1.74 bits per heavy atom. The number of hydrogen-bond donors (Lipinski definition) is 3. The van der Waals surface area contributed by atoms with Gasteiger partial charge >= 0.3 is 12.0 Å². The number of carboxylic acids is 1. The second kappa shape index (κ2) is 12.6. The van der Waals surface area contributed by atoms with Crippen molar-refractivity contribution >= 4 is 40.9 Å². The van der Waals surface area contributed by atoms with Crippen LogP contribution in [0, 0.1) is 6.92 Å². The minimum absolute atomic E-state index is 0.0580. The van der Waals surface area contributed by atoms with Crippen LogP contribution in [0.4, 0.5) is 21.9 Å². The number of likely N-dealkylation sites (N-methyl/N-ethyl adjacent to an activating group) is 1. The largest absolute Gasteiger partial charge is 0.481 e. The van der Waals surface area contributed by atoms with Crippen molar-refractivity contribution in [1.29, 1.82) is 0 Å². The summed E-state index contributed by atoms with van der Waals surface area (Å²) in [4.78, 5) is 53.1. The van der Waals surface area contributed by atoms with E-state index in [9.17, 15) is 24.3 Å². The van der Waals surface area contributed by atoms with Gasteiger partial charge in [-0.3, -0.25) is 19.3 Å². The first kappa shape index (κ1) is 29.1. The van der Waals surface area contributed by atoms with E-state index in [4.69, 9.17) is 4.52 Å². The van der Waals surface area contributed by atoms with Gasteiger partial charge in [-0.05, 0) is 60.4 Å². The lowest BCUT2D eigenvalue weighted by Gasteiger charge is -2.20. The van der Waals surface area contributed by atoms with Gasteiger partial charge in [-0.2, -0.15) is 0 Å². The lowest BCUT2D eigenvalue weighted by molar-refractivity contribution is -0.137. The van der Waals surface area contributed by atoms with Crippen LogP contribution in [-0.4, -0.2) is 47.7 Å². The highest BCUT2D eigenvalue weighted by Gasteiger charge is 2.24. The zero-order valence-electron chi connectivity index (χ0n) is 23.7. The fourth-order valence-electron chi connectivity index (χ4n) is 4.95. The number of aryl methyl sites for hydroxylation is 1. The normalized spacial score (nSPS) is 12.7. The summed E-state index contributed by atoms with van der Waals surface area (Å²) in [5, 5.41) is 18.7. The van der Waals surface area contributed by atoms with Crippen LogP contribution >= 0.6 is 0 Å². The molecule has 11 nitrogen and oxygen atoms in total. The van der Waals surface area contributed by atoms with Gasteiger partial charge in [-0.15, -0.1) is 0 Å². The number of nitrogens with zero attached hydrogens (tertiary/aromatic N) is 3. The molecule has 0 saturated carbocycles. The molecule has 11 heteroatoms. The summed E-state index contributed by atoms with van der Waals surface area (Å²) in [6.45, 7) is 2.28. The number of fused-ring (bicyclic) bond motifs is 1. The van der Waals surface area contributed by atoms with E-state index in [1.807, 2.05) is 24.3 Å². The lowest BCUT2D eigenvalue weighted by atomic mass is 10.0. The molecule has 0 fully saturated rings. The molecule has 4 aromatic rings. The summed E-state index contributed by atoms with van der Waals surface area (Å²) in [6, 6.07) is 22.2. The van der Waals surface area contributed by atoms with Crippen molar-refractivity contribution in [3.05, 3.63) is 107 Å². The summed E-state index contributed by atoms with van der Waals surface area (Å²) in [7, 11) is 1.66. The highest BCUT2D eigenvalue weighted by atomic mass is 16.5. The van der Waals surface area contributed by atoms with Gasteiger partial charge in [0, 0.05) is 36.7 Å². The summed E-state index contributed by atoms with van der Waals surface area (Å²) in [5.74, 6) is -1.32. The maximum absolute atomic E-state index is 13.0. The molecule has 1 aromatic heterocycles. The van der Waals surface area contributed by atoms with Crippen LogP contribution < -0.4 is 20.4 Å². The van der Waals surface area contributed by atoms with Crippen molar-refractivity contribution in [3.8, 4) is 0 Å². The number of rotatable bonds is 9. The average Bonchev–Trinajstić information content (AvgIpc) is 3.64. The third-order valence-electron chi connectivity index (χ3n) is 7.29. The predicted octanol–water partition coefficient (Wildman–Crippen LogP) is 4.73. The molecule has 0 saturated heterocycles. The highest BCUT2D eigenvalue weighted by molar-refractivity contribution is 6.03. The number of urea groups is 1. The Labute approximate surface area is 248 Å². The standard InChI is InChI=1S/C32H31N5O6/c1-20-17-27(35-43-20)31(41)34-26(19-30(39)40)22-9-13-25(14-10-22)36(2)29(38)18-21-7-11-24(12-8-21)33-32(42)37-16-15-23-5-3-4-6-28(23)37/h3-14,17,26H,15-16,18-19H2,1-2H3,(H,33,42)(H,34,41)(H,39,40). The van der Waals surface area contributed by atoms with Gasteiger partial charge in [0.05, 0.1) is 18.9 Å². The van der Waals surface area contributed by atoms with Crippen molar-refractivity contribution in [2.45, 2.75) is 32.2 Å². The molecule has 0 radical (unpaired) electrons. The fourth-order valence-corrected chi connectivity index (χ4v) is 4.95. The number of hydrogen-bond acceptors (Lipinski definition) is 6. The van der Waals surface area contributed by atoms with Crippen LogP contribution in [0.15, 0.2) is 83.4 Å². The van der Waals surface area contributed by atoms with Gasteiger partial charge in [-0.1, -0.05) is 47.6 Å². The zero-order chi connectivity index (χ0) is 30.5. The Bertz CT molecular complexity index is 1650. The molecule has 1 aliphatic rings. The number of carboxylic acid groups (broad SMARTS) is 1. The van der Waals surface area contributed by atoms with Crippen LogP contribution in [0.2, 0.25) is 0 Å². The molecule has 3 aromatic carbocycles. The Morgan fingerprint density at radius 1 is 1.02 bits per heavy atom. The second-order valence-corrected chi connectivity index (χ2v) is 10.3. The van der Waals surface area contributed by atoms with Crippen LogP contribution in [0.25, 0.3) is 0 Å². The van der Waals surface area contributed by atoms with E-state index in [1.54, 1.807) is 67.4 Å². The number of nitrogens with one attached hydrogen (secondary N) is 2. The summed E-state index contributed by atoms with van der Waals surface area (Å²) in [6.07, 6.45) is 0.628. The molecular weight excluding hydrogens is 550 g/mol. The Hall–Kier alpha value is -5.45. The number of amides is 4. The monoisotopic (exact) mass is 581 g/mol. The molecule has 5 rings (SSSR count). The maximum Gasteiger partial charge on any atom is 0.326 e. The first-order valence-electron chi connectivity index (χ1n) is 13.8. The van der Waals surface area contributed by atoms with E-state index in [0.717, 1.165) is 23.2 Å². The number of para-hydroxylation sites is 1. The molecule has 1 atom stereocenters. The molecule has 220 valence electrons. The van der Waals surface area contributed by atoms with Gasteiger partial charge < -0.3 is 25.2 Å². The molecular formula is C32H31N5O6. The fraction of sp³-hybridized carbons (Fsp3) is 0.219. The molecule has 1 unspecified atom stereocenters. The molecule has 2 heterocycles. The summed E-state index contributed by atoms with van der Waals surface area (Å²) in [5.41, 5.74) is 4.72. The first-order chi connectivity index (χ1) is 20.7. The molecule has 0 spiro atoms. The molecule has 43 heavy (non-hydrogen) atoms. The van der Waals surface area contributed by atoms with E-state index >= 15 is 0 Å². The van der Waals surface area contributed by atoms with Gasteiger partial charge in [0.15, 0.2) is 5.69 Å². The van der Waals surface area contributed by atoms with E-state index < -0.39 is 17.9 Å². The zero-order valence-corrected chi connectivity index (χ0v) is 23.7. The number of anilines is 3. The number of benzene rings is 3. The van der Waals surface area contributed by atoms with Crippen molar-refractivity contribution in [1.82, 2.24) is 10.5 Å². The Balaban J connectivity index is 1.18. The van der Waals surface area contributed by atoms with Crippen LogP contribution in [-0.2, 0) is 22.4 Å². The van der Waals surface area contributed by atoms with Gasteiger partial charge in [-0.25, -0.2) is 4.79 Å². The van der Waals surface area contributed by atoms with E-state index in [-0.39, 0.29) is 30.5 Å².